The van der Waals surface area contributed by atoms with Crippen molar-refractivity contribution in [1.29, 1.82) is 0 Å². The van der Waals surface area contributed by atoms with Crippen LogP contribution in [0, 0.1) is 10.1 Å². The highest BCUT2D eigenvalue weighted by Crippen LogP contribution is 2.66. The summed E-state index contributed by atoms with van der Waals surface area (Å²) in [6, 6.07) is 5.89. The fraction of sp³-hybridized carbons (Fsp3) is 0.538. The summed E-state index contributed by atoms with van der Waals surface area (Å²) in [5.41, 5.74) is 0.137. The minimum Gasteiger partial charge on any atom is -0.370 e. The molecule has 4 N–H and O–H groups in total. The maximum atomic E-state index is 11.8. The molecular weight excluding hydrogens is 487 g/mol. The van der Waals surface area contributed by atoms with Crippen LogP contribution in [0.4, 0.5) is 5.69 Å². The van der Waals surface area contributed by atoms with Crippen LogP contribution in [0.15, 0.2) is 24.3 Å². The van der Waals surface area contributed by atoms with Crippen molar-refractivity contribution in [3.63, 3.8) is 0 Å². The predicted octanol–water partition coefficient (Wildman–Crippen LogP) is 2.00. The number of para-hydroxylation sites is 1. The summed E-state index contributed by atoms with van der Waals surface area (Å²) in [5.74, 6) is 0. The standard InChI is InChI=1S/C13H20NO14P3/c1-9-6-12(24-7-10-4-2-3-5-11(10)14(15)16)13(26-9)8-25-30(20,21)28-31(22,23)27-29(17,18)19/h2-5,9,12-13H,6-8H2,1H3,(H,20,21)(H,22,23)(H2,17,18,19)/t9-,12?,13+/m0/s1. The van der Waals surface area contributed by atoms with Crippen LogP contribution >= 0.6 is 23.5 Å². The van der Waals surface area contributed by atoms with Gasteiger partial charge in [0.05, 0.1) is 35.9 Å². The van der Waals surface area contributed by atoms with Gasteiger partial charge in [-0.1, -0.05) is 12.1 Å². The quantitative estimate of drug-likeness (QED) is 0.191. The van der Waals surface area contributed by atoms with E-state index in [9.17, 15) is 28.7 Å². The molecule has 1 aromatic carbocycles. The molecule has 1 aromatic rings. The summed E-state index contributed by atoms with van der Waals surface area (Å²) in [5, 5.41) is 11.1. The van der Waals surface area contributed by atoms with Gasteiger partial charge in [-0.3, -0.25) is 14.6 Å². The topological polar surface area (TPSA) is 221 Å². The number of phosphoric ester groups is 1. The molecule has 2 rings (SSSR count). The smallest absolute Gasteiger partial charge is 0.370 e. The van der Waals surface area contributed by atoms with Gasteiger partial charge in [0.1, 0.15) is 6.10 Å². The minimum atomic E-state index is -5.63. The van der Waals surface area contributed by atoms with Crippen LogP contribution in [-0.4, -0.2) is 49.4 Å². The largest absolute Gasteiger partial charge is 0.490 e. The summed E-state index contributed by atoms with van der Waals surface area (Å²) in [7, 11) is -16.4. The molecule has 1 aliphatic rings. The Morgan fingerprint density at radius 3 is 2.39 bits per heavy atom. The number of hydrogen-bond donors (Lipinski definition) is 4. The van der Waals surface area contributed by atoms with Gasteiger partial charge in [0.25, 0.3) is 5.69 Å². The van der Waals surface area contributed by atoms with Crippen LogP contribution in [0.3, 0.4) is 0 Å². The summed E-state index contributed by atoms with van der Waals surface area (Å²) in [4.78, 5) is 46.2. The van der Waals surface area contributed by atoms with Crippen LogP contribution in [0.25, 0.3) is 0 Å². The van der Waals surface area contributed by atoms with Crippen molar-refractivity contribution in [1.82, 2.24) is 0 Å². The number of nitro benzene ring substituents is 1. The monoisotopic (exact) mass is 507 g/mol. The van der Waals surface area contributed by atoms with E-state index in [4.69, 9.17) is 24.2 Å². The van der Waals surface area contributed by atoms with Gasteiger partial charge >= 0.3 is 23.5 Å². The predicted molar refractivity (Wildman–Crippen MR) is 100 cm³/mol. The van der Waals surface area contributed by atoms with Crippen LogP contribution in [0.1, 0.15) is 18.9 Å². The van der Waals surface area contributed by atoms with E-state index in [0.29, 0.717) is 12.0 Å². The Hall–Kier alpha value is -1.05. The van der Waals surface area contributed by atoms with E-state index in [1.807, 2.05) is 0 Å². The Morgan fingerprint density at radius 2 is 1.77 bits per heavy atom. The number of ether oxygens (including phenoxy) is 2. The number of nitro groups is 1. The third kappa shape index (κ3) is 8.78. The van der Waals surface area contributed by atoms with Crippen LogP contribution in [0.5, 0.6) is 0 Å². The molecular formula is C13H20NO14P3. The van der Waals surface area contributed by atoms with Crippen molar-refractivity contribution >= 4 is 29.2 Å². The fourth-order valence-corrected chi connectivity index (χ4v) is 5.75. The number of rotatable bonds is 11. The zero-order chi connectivity index (χ0) is 23.4. The Kier molecular flexibility index (Phi) is 8.67. The number of benzene rings is 1. The third-order valence-electron chi connectivity index (χ3n) is 3.85. The maximum absolute atomic E-state index is 11.8. The zero-order valence-corrected chi connectivity index (χ0v) is 18.5. The highest BCUT2D eigenvalue weighted by molar-refractivity contribution is 7.66. The second-order valence-electron chi connectivity index (χ2n) is 6.34. The molecule has 15 nitrogen and oxygen atoms in total. The lowest BCUT2D eigenvalue weighted by Crippen LogP contribution is -2.29. The molecule has 1 heterocycles. The fourth-order valence-electron chi connectivity index (χ4n) is 2.72. The molecule has 3 unspecified atom stereocenters. The second kappa shape index (κ2) is 10.3. The summed E-state index contributed by atoms with van der Waals surface area (Å²) in [6.07, 6.45) is -1.74. The van der Waals surface area contributed by atoms with E-state index in [2.05, 4.69) is 13.1 Å². The molecule has 1 fully saturated rings. The Morgan fingerprint density at radius 1 is 1.13 bits per heavy atom. The number of nitrogens with zero attached hydrogens (tertiary/aromatic N) is 1. The van der Waals surface area contributed by atoms with Crippen LogP contribution in [0.2, 0.25) is 0 Å². The second-order valence-corrected chi connectivity index (χ2v) is 10.8. The lowest BCUT2D eigenvalue weighted by atomic mass is 10.1. The highest BCUT2D eigenvalue weighted by atomic mass is 31.3. The molecule has 176 valence electrons. The lowest BCUT2D eigenvalue weighted by Gasteiger charge is -2.21. The van der Waals surface area contributed by atoms with Gasteiger partial charge in [0, 0.05) is 12.5 Å². The molecule has 0 saturated carbocycles. The molecule has 0 aliphatic carbocycles. The molecule has 5 atom stereocenters. The number of phosphoric acid groups is 3. The third-order valence-corrected chi connectivity index (χ3v) is 7.65. The van der Waals surface area contributed by atoms with Gasteiger partial charge in [-0.25, -0.2) is 13.7 Å². The Bertz CT molecular complexity index is 934. The van der Waals surface area contributed by atoms with Crippen molar-refractivity contribution in [3.05, 3.63) is 39.9 Å². The average molecular weight is 507 g/mol. The molecule has 0 bridgehead atoms. The highest BCUT2D eigenvalue weighted by Gasteiger charge is 2.42. The number of hydrogen-bond acceptors (Lipinski definition) is 10. The van der Waals surface area contributed by atoms with Gasteiger partial charge < -0.3 is 29.0 Å². The molecule has 1 saturated heterocycles. The van der Waals surface area contributed by atoms with E-state index in [0.717, 1.165) is 0 Å². The first-order valence-corrected chi connectivity index (χ1v) is 13.0. The van der Waals surface area contributed by atoms with E-state index >= 15 is 0 Å². The van der Waals surface area contributed by atoms with Gasteiger partial charge in [-0.05, 0) is 13.0 Å². The average Bonchev–Trinajstić information content (AvgIpc) is 2.95. The van der Waals surface area contributed by atoms with Crippen LogP contribution < -0.4 is 0 Å². The summed E-state index contributed by atoms with van der Waals surface area (Å²) >= 11 is 0. The molecule has 1 aliphatic heterocycles. The first kappa shape index (κ1) is 26.2. The normalized spacial score (nSPS) is 25.6. The maximum Gasteiger partial charge on any atom is 0.490 e. The van der Waals surface area contributed by atoms with Crippen molar-refractivity contribution in [2.45, 2.75) is 38.3 Å². The van der Waals surface area contributed by atoms with E-state index in [1.165, 1.54) is 18.2 Å². The minimum absolute atomic E-state index is 0.153. The Labute approximate surface area is 175 Å². The molecule has 0 radical (unpaired) electrons. The van der Waals surface area contributed by atoms with Crippen molar-refractivity contribution in [3.8, 4) is 0 Å². The molecule has 0 amide bonds. The SMILES string of the molecule is C[C@H]1CC(OCc2ccccc2[N+](=O)[O-])[C@@H](COP(=O)(O)OP(=O)(O)OP(=O)(O)O)O1. The molecule has 0 spiro atoms. The van der Waals surface area contributed by atoms with E-state index in [1.54, 1.807) is 13.0 Å². The summed E-state index contributed by atoms with van der Waals surface area (Å²) < 4.78 is 56.8. The zero-order valence-electron chi connectivity index (χ0n) is 15.8. The van der Waals surface area contributed by atoms with Crippen molar-refractivity contribution in [2.24, 2.45) is 0 Å². The Balaban J connectivity index is 1.97. The van der Waals surface area contributed by atoms with Gasteiger partial charge in [0.15, 0.2) is 0 Å². The van der Waals surface area contributed by atoms with E-state index < -0.39 is 47.2 Å². The van der Waals surface area contributed by atoms with Gasteiger partial charge in [0.2, 0.25) is 0 Å². The van der Waals surface area contributed by atoms with Crippen LogP contribution in [-0.2, 0) is 42.9 Å². The first-order chi connectivity index (χ1) is 14.2. The molecule has 31 heavy (non-hydrogen) atoms. The molecule has 0 aromatic heterocycles. The van der Waals surface area contributed by atoms with Gasteiger partial charge in [-0.15, -0.1) is 0 Å². The van der Waals surface area contributed by atoms with E-state index in [-0.39, 0.29) is 18.4 Å². The summed E-state index contributed by atoms with van der Waals surface area (Å²) in [6.45, 7) is 0.839. The van der Waals surface area contributed by atoms with Gasteiger partial charge in [-0.2, -0.15) is 8.62 Å². The van der Waals surface area contributed by atoms with Crippen molar-refractivity contribution in [2.75, 3.05) is 6.61 Å². The molecule has 18 heteroatoms. The van der Waals surface area contributed by atoms with Crippen molar-refractivity contribution < 1.29 is 60.8 Å². The first-order valence-electron chi connectivity index (χ1n) is 8.45. The lowest BCUT2D eigenvalue weighted by molar-refractivity contribution is -0.386.